The lowest BCUT2D eigenvalue weighted by Crippen LogP contribution is -2.52. The van der Waals surface area contributed by atoms with Gasteiger partial charge in [0.2, 0.25) is 0 Å². The van der Waals surface area contributed by atoms with E-state index >= 15 is 0 Å². The van der Waals surface area contributed by atoms with Crippen molar-refractivity contribution in [3.63, 3.8) is 0 Å². The summed E-state index contributed by atoms with van der Waals surface area (Å²) in [6.07, 6.45) is 15.1. The van der Waals surface area contributed by atoms with Crippen LogP contribution in [0.25, 0.3) is 0 Å². The summed E-state index contributed by atoms with van der Waals surface area (Å²) in [5.74, 6) is 4.02. The first-order valence-electron chi connectivity index (χ1n) is 14.9. The summed E-state index contributed by atoms with van der Waals surface area (Å²) in [5.41, 5.74) is 6.30. The molecule has 5 aliphatic rings. The third-order valence-corrected chi connectivity index (χ3v) is 11.7. The van der Waals surface area contributed by atoms with E-state index in [1.807, 2.05) is 47.1 Å². The lowest BCUT2D eigenvalue weighted by Gasteiger charge is -2.59. The van der Waals surface area contributed by atoms with Crippen molar-refractivity contribution in [1.29, 1.82) is 0 Å². The standard InChI is InChI=1S/C26H42.3C2H6/c1-7-17(2)19-8-9-20-21-10-11-22-23(4,5)18(3)12-13-26(22)16-25(21,26)15-14-24(19,20)6;3*1-2/h18,20-22H,7-16H2,1-6H3;3*1-2H3/b19-17+;;;. The van der Waals surface area contributed by atoms with Crippen LogP contribution in [0.5, 0.6) is 0 Å². The molecule has 0 aromatic rings. The lowest BCUT2D eigenvalue weighted by molar-refractivity contribution is -0.0968. The topological polar surface area (TPSA) is 0 Å². The van der Waals surface area contributed by atoms with Crippen LogP contribution in [0.15, 0.2) is 11.1 Å². The predicted octanol–water partition coefficient (Wildman–Crippen LogP) is 10.9. The largest absolute Gasteiger partial charge is 0.0738 e. The smallest absolute Gasteiger partial charge is 0.00824 e. The molecule has 5 fully saturated rings. The first kappa shape index (κ1) is 28.0. The van der Waals surface area contributed by atoms with Gasteiger partial charge in [0.1, 0.15) is 0 Å². The number of fused-ring (bicyclic) bond motifs is 2. The Bertz CT molecular complexity index is 653. The Balaban J connectivity index is 0.000000561. The minimum atomic E-state index is 0.560. The fourth-order valence-corrected chi connectivity index (χ4v) is 9.79. The molecule has 0 saturated heterocycles. The molecule has 0 N–H and O–H groups in total. The number of hydrogen-bond donors (Lipinski definition) is 0. The van der Waals surface area contributed by atoms with E-state index in [1.54, 1.807) is 37.7 Å². The van der Waals surface area contributed by atoms with Gasteiger partial charge in [-0.15, -0.1) is 0 Å². The molecule has 0 bridgehead atoms. The Hall–Kier alpha value is -0.260. The predicted molar refractivity (Wildman–Crippen MR) is 145 cm³/mol. The van der Waals surface area contributed by atoms with Gasteiger partial charge in [0.25, 0.3) is 0 Å². The van der Waals surface area contributed by atoms with Crippen LogP contribution < -0.4 is 0 Å². The van der Waals surface area contributed by atoms with E-state index < -0.39 is 0 Å². The van der Waals surface area contributed by atoms with Crippen molar-refractivity contribution in [3.8, 4) is 0 Å². The Kier molecular flexibility index (Phi) is 8.88. The van der Waals surface area contributed by atoms with Gasteiger partial charge in [0.05, 0.1) is 0 Å². The van der Waals surface area contributed by atoms with Crippen molar-refractivity contribution in [2.24, 2.45) is 45.3 Å². The van der Waals surface area contributed by atoms with Crippen molar-refractivity contribution in [1.82, 2.24) is 0 Å². The van der Waals surface area contributed by atoms with E-state index in [2.05, 4.69) is 41.5 Å². The molecule has 7 atom stereocenters. The molecular weight excluding hydrogens is 384 g/mol. The molecule has 2 spiro atoms. The van der Waals surface area contributed by atoms with Gasteiger partial charge in [-0.2, -0.15) is 0 Å². The second-order valence-corrected chi connectivity index (χ2v) is 12.2. The maximum atomic E-state index is 2.68. The van der Waals surface area contributed by atoms with E-state index in [0.29, 0.717) is 10.8 Å². The number of allylic oxidation sites excluding steroid dienone is 2. The van der Waals surface area contributed by atoms with Gasteiger partial charge in [-0.1, -0.05) is 87.3 Å². The quantitative estimate of drug-likeness (QED) is 0.353. The monoisotopic (exact) mass is 444 g/mol. The van der Waals surface area contributed by atoms with Crippen molar-refractivity contribution in [2.45, 2.75) is 147 Å². The molecule has 7 unspecified atom stereocenters. The lowest BCUT2D eigenvalue weighted by atomic mass is 9.45. The minimum absolute atomic E-state index is 0.560. The van der Waals surface area contributed by atoms with Gasteiger partial charge < -0.3 is 0 Å². The summed E-state index contributed by atoms with van der Waals surface area (Å²) < 4.78 is 0. The summed E-state index contributed by atoms with van der Waals surface area (Å²) in [6, 6.07) is 0. The van der Waals surface area contributed by atoms with E-state index in [1.165, 1.54) is 32.1 Å². The Morgan fingerprint density at radius 3 is 2.00 bits per heavy atom. The van der Waals surface area contributed by atoms with Gasteiger partial charge in [-0.25, -0.2) is 0 Å². The fraction of sp³-hybridized carbons (Fsp3) is 0.938. The summed E-state index contributed by atoms with van der Waals surface area (Å²) >= 11 is 0. The molecule has 0 aromatic carbocycles. The zero-order valence-electron chi connectivity index (χ0n) is 24.4. The second kappa shape index (κ2) is 10.2. The highest BCUT2D eigenvalue weighted by Gasteiger charge is 2.79. The molecule has 0 radical (unpaired) electrons. The zero-order valence-corrected chi connectivity index (χ0v) is 24.4. The Morgan fingerprint density at radius 2 is 1.41 bits per heavy atom. The molecule has 5 saturated carbocycles. The molecule has 0 amide bonds. The van der Waals surface area contributed by atoms with Crippen LogP contribution in [-0.4, -0.2) is 0 Å². The van der Waals surface area contributed by atoms with Crippen LogP contribution in [0.1, 0.15) is 147 Å². The van der Waals surface area contributed by atoms with Crippen LogP contribution in [0, 0.1) is 45.3 Å². The maximum absolute atomic E-state index is 2.68. The van der Waals surface area contributed by atoms with Gasteiger partial charge in [0, 0.05) is 0 Å². The molecule has 0 aliphatic heterocycles. The van der Waals surface area contributed by atoms with Crippen molar-refractivity contribution >= 4 is 0 Å². The van der Waals surface area contributed by atoms with Crippen molar-refractivity contribution in [3.05, 3.63) is 11.1 Å². The molecular formula is C32H60. The maximum Gasteiger partial charge on any atom is -0.00824 e. The van der Waals surface area contributed by atoms with E-state index in [0.717, 1.165) is 34.5 Å². The highest BCUT2D eigenvalue weighted by Crippen LogP contribution is 2.87. The third kappa shape index (κ3) is 3.68. The second-order valence-electron chi connectivity index (χ2n) is 12.2. The SMILES string of the molecule is CC.CC.CC.CC/C(C)=C1\CCC2C3CCC4C(C)(C)C(C)CCC45CC35CCC12C. The number of hydrogen-bond acceptors (Lipinski definition) is 0. The molecule has 32 heavy (non-hydrogen) atoms. The van der Waals surface area contributed by atoms with Crippen LogP contribution >= 0.6 is 0 Å². The highest BCUT2D eigenvalue weighted by atomic mass is 14.8. The van der Waals surface area contributed by atoms with E-state index in [4.69, 9.17) is 0 Å². The molecule has 0 heteroatoms. The molecule has 188 valence electrons. The van der Waals surface area contributed by atoms with Gasteiger partial charge in [0.15, 0.2) is 0 Å². The Labute approximate surface area is 203 Å². The number of rotatable bonds is 1. The van der Waals surface area contributed by atoms with Crippen LogP contribution in [0.2, 0.25) is 0 Å². The fourth-order valence-electron chi connectivity index (χ4n) is 9.79. The van der Waals surface area contributed by atoms with Gasteiger partial charge >= 0.3 is 0 Å². The van der Waals surface area contributed by atoms with E-state index in [9.17, 15) is 0 Å². The third-order valence-electron chi connectivity index (χ3n) is 11.7. The van der Waals surface area contributed by atoms with E-state index in [-0.39, 0.29) is 0 Å². The Morgan fingerprint density at radius 1 is 0.781 bits per heavy atom. The van der Waals surface area contributed by atoms with Crippen LogP contribution in [0.3, 0.4) is 0 Å². The van der Waals surface area contributed by atoms with Gasteiger partial charge in [-0.3, -0.25) is 0 Å². The summed E-state index contributed by atoms with van der Waals surface area (Å²) in [4.78, 5) is 0. The van der Waals surface area contributed by atoms with Crippen LogP contribution in [0.4, 0.5) is 0 Å². The molecule has 5 rings (SSSR count). The molecule has 0 aromatic heterocycles. The summed E-state index contributed by atoms with van der Waals surface area (Å²) in [5, 5.41) is 0. The minimum Gasteiger partial charge on any atom is -0.0738 e. The summed E-state index contributed by atoms with van der Waals surface area (Å²) in [6.45, 7) is 27.3. The first-order chi connectivity index (χ1) is 15.2. The van der Waals surface area contributed by atoms with Crippen molar-refractivity contribution < 1.29 is 0 Å². The van der Waals surface area contributed by atoms with Crippen molar-refractivity contribution in [2.75, 3.05) is 0 Å². The average molecular weight is 445 g/mol. The highest BCUT2D eigenvalue weighted by molar-refractivity contribution is 5.34. The normalized spacial score (nSPS) is 46.1. The molecule has 5 aliphatic carbocycles. The average Bonchev–Trinajstić information content (AvgIpc) is 3.37. The van der Waals surface area contributed by atoms with Crippen LogP contribution in [-0.2, 0) is 0 Å². The van der Waals surface area contributed by atoms with Gasteiger partial charge in [-0.05, 0) is 116 Å². The molecule has 0 heterocycles. The zero-order chi connectivity index (χ0) is 24.5. The first-order valence-corrected chi connectivity index (χ1v) is 14.9. The molecule has 0 nitrogen and oxygen atoms in total. The summed E-state index contributed by atoms with van der Waals surface area (Å²) in [7, 11) is 0.